The maximum Gasteiger partial charge on any atom is 0.573 e. The van der Waals surface area contributed by atoms with Gasteiger partial charge in [-0.1, -0.05) is 39.1 Å². The van der Waals surface area contributed by atoms with Gasteiger partial charge in [0.2, 0.25) is 0 Å². The largest absolute Gasteiger partial charge is 0.573 e. The number of alkyl halides is 4. The molecule has 0 unspecified atom stereocenters. The Morgan fingerprint density at radius 1 is 1.18 bits per heavy atom. The first-order chi connectivity index (χ1) is 7.83. The predicted molar refractivity (Wildman–Crippen MR) is 62.4 cm³/mol. The fraction of sp³-hybridized carbons (Fsp3) is 0.333. The molecule has 0 saturated heterocycles. The van der Waals surface area contributed by atoms with E-state index in [4.69, 9.17) is 27.9 Å². The molecule has 0 radical (unpaired) electrons. The van der Waals surface area contributed by atoms with E-state index in [1.807, 2.05) is 0 Å². The van der Waals surface area contributed by atoms with Crippen LogP contribution in [0, 0.1) is 0 Å². The lowest BCUT2D eigenvalue weighted by molar-refractivity contribution is -0.274. The Balaban J connectivity index is 2.93. The fourth-order valence-electron chi connectivity index (χ4n) is 1.01. The van der Waals surface area contributed by atoms with Crippen LogP contribution in [-0.4, -0.2) is 18.3 Å². The summed E-state index contributed by atoms with van der Waals surface area (Å²) in [5.74, 6) is -0.360. The lowest BCUT2D eigenvalue weighted by atomic mass is 10.3. The fourth-order valence-corrected chi connectivity index (χ4v) is 1.75. The van der Waals surface area contributed by atoms with Gasteiger partial charge in [0.1, 0.15) is 5.75 Å². The standard InChI is InChI=1S/C9H6BrCl2F3O2/c10-1-2-16-8-6(11)3-5(4-7(8)12)17-9(13,14)15/h3-4H,1-2H2. The molecule has 0 aliphatic carbocycles. The molecule has 1 aromatic carbocycles. The van der Waals surface area contributed by atoms with Crippen molar-refractivity contribution < 1.29 is 22.6 Å². The summed E-state index contributed by atoms with van der Waals surface area (Å²) in [6, 6.07) is 1.98. The van der Waals surface area contributed by atoms with E-state index in [2.05, 4.69) is 20.7 Å². The molecule has 0 atom stereocenters. The number of hydrogen-bond acceptors (Lipinski definition) is 2. The van der Waals surface area contributed by atoms with Crippen LogP contribution in [0.25, 0.3) is 0 Å². The monoisotopic (exact) mass is 352 g/mol. The van der Waals surface area contributed by atoms with Gasteiger partial charge in [-0.15, -0.1) is 13.2 Å². The highest BCUT2D eigenvalue weighted by Gasteiger charge is 2.31. The van der Waals surface area contributed by atoms with Gasteiger partial charge in [-0.25, -0.2) is 0 Å². The minimum atomic E-state index is -4.79. The Hall–Kier alpha value is -0.330. The summed E-state index contributed by atoms with van der Waals surface area (Å²) < 4.78 is 44.7. The number of halogens is 6. The summed E-state index contributed by atoms with van der Waals surface area (Å²) in [6.07, 6.45) is -4.79. The van der Waals surface area contributed by atoms with Crippen molar-refractivity contribution in [2.75, 3.05) is 11.9 Å². The lowest BCUT2D eigenvalue weighted by Gasteiger charge is -2.13. The van der Waals surface area contributed by atoms with Crippen LogP contribution in [0.3, 0.4) is 0 Å². The van der Waals surface area contributed by atoms with Crippen molar-refractivity contribution >= 4 is 39.1 Å². The van der Waals surface area contributed by atoms with Crippen LogP contribution < -0.4 is 9.47 Å². The van der Waals surface area contributed by atoms with Gasteiger partial charge >= 0.3 is 6.36 Å². The van der Waals surface area contributed by atoms with Crippen LogP contribution in [-0.2, 0) is 0 Å². The SMILES string of the molecule is FC(F)(F)Oc1cc(Cl)c(OCCBr)c(Cl)c1. The van der Waals surface area contributed by atoms with E-state index in [0.717, 1.165) is 12.1 Å². The van der Waals surface area contributed by atoms with Crippen LogP contribution in [0.4, 0.5) is 13.2 Å². The third-order valence-corrected chi connectivity index (χ3v) is 2.41. The summed E-state index contributed by atoms with van der Waals surface area (Å²) in [4.78, 5) is 0. The molecule has 0 N–H and O–H groups in total. The molecule has 2 nitrogen and oxygen atoms in total. The van der Waals surface area contributed by atoms with Gasteiger partial charge in [-0.05, 0) is 0 Å². The van der Waals surface area contributed by atoms with Gasteiger partial charge < -0.3 is 9.47 Å². The first-order valence-electron chi connectivity index (χ1n) is 4.27. The van der Waals surface area contributed by atoms with Crippen molar-refractivity contribution in [2.24, 2.45) is 0 Å². The summed E-state index contributed by atoms with van der Waals surface area (Å²) in [5.41, 5.74) is 0. The van der Waals surface area contributed by atoms with Crippen LogP contribution >= 0.6 is 39.1 Å². The quantitative estimate of drug-likeness (QED) is 0.732. The molecule has 0 aliphatic rings. The molecule has 17 heavy (non-hydrogen) atoms. The third kappa shape index (κ3) is 4.81. The van der Waals surface area contributed by atoms with Crippen molar-refractivity contribution in [2.45, 2.75) is 6.36 Å². The van der Waals surface area contributed by atoms with Crippen molar-refractivity contribution in [1.29, 1.82) is 0 Å². The van der Waals surface area contributed by atoms with Gasteiger partial charge in [0.15, 0.2) is 5.75 Å². The topological polar surface area (TPSA) is 18.5 Å². The zero-order valence-electron chi connectivity index (χ0n) is 8.15. The molecule has 0 amide bonds. The summed E-state index contributed by atoms with van der Waals surface area (Å²) in [5, 5.41) is 0.455. The van der Waals surface area contributed by atoms with Gasteiger partial charge in [0, 0.05) is 17.5 Å². The smallest absolute Gasteiger partial charge is 0.490 e. The Bertz CT molecular complexity index is 375. The van der Waals surface area contributed by atoms with Crippen LogP contribution in [0.15, 0.2) is 12.1 Å². The molecule has 0 heterocycles. The van der Waals surface area contributed by atoms with Gasteiger partial charge in [0.25, 0.3) is 0 Å². The second-order valence-electron chi connectivity index (χ2n) is 2.80. The van der Waals surface area contributed by atoms with E-state index in [1.54, 1.807) is 0 Å². The number of ether oxygens (including phenoxy) is 2. The van der Waals surface area contributed by atoms with Crippen molar-refractivity contribution in [3.8, 4) is 11.5 Å². The van der Waals surface area contributed by atoms with E-state index < -0.39 is 12.1 Å². The lowest BCUT2D eigenvalue weighted by Crippen LogP contribution is -2.17. The maximum absolute atomic E-state index is 12.0. The first kappa shape index (κ1) is 14.7. The maximum atomic E-state index is 12.0. The predicted octanol–water partition coefficient (Wildman–Crippen LogP) is 4.67. The highest BCUT2D eigenvalue weighted by Crippen LogP contribution is 2.38. The summed E-state index contributed by atoms with van der Waals surface area (Å²) in [7, 11) is 0. The Morgan fingerprint density at radius 3 is 2.12 bits per heavy atom. The van der Waals surface area contributed by atoms with Gasteiger partial charge in [-0.3, -0.25) is 0 Å². The molecular weight excluding hydrogens is 348 g/mol. The molecule has 96 valence electrons. The average Bonchev–Trinajstić information content (AvgIpc) is 2.13. The minimum Gasteiger partial charge on any atom is -0.490 e. The van der Waals surface area contributed by atoms with Gasteiger partial charge in [-0.2, -0.15) is 0 Å². The number of benzene rings is 1. The molecule has 0 bridgehead atoms. The van der Waals surface area contributed by atoms with E-state index in [-0.39, 0.29) is 15.8 Å². The number of hydrogen-bond donors (Lipinski definition) is 0. The molecule has 0 aliphatic heterocycles. The van der Waals surface area contributed by atoms with Crippen molar-refractivity contribution in [3.63, 3.8) is 0 Å². The molecule has 1 aromatic rings. The van der Waals surface area contributed by atoms with Crippen molar-refractivity contribution in [1.82, 2.24) is 0 Å². The van der Waals surface area contributed by atoms with Crippen LogP contribution in [0.5, 0.6) is 11.5 Å². The average molecular weight is 354 g/mol. The molecule has 8 heteroatoms. The molecule has 0 aromatic heterocycles. The van der Waals surface area contributed by atoms with E-state index in [0.29, 0.717) is 11.9 Å². The van der Waals surface area contributed by atoms with Crippen LogP contribution in [0.1, 0.15) is 0 Å². The Kier molecular flexibility index (Phi) is 5.22. The Labute approximate surface area is 114 Å². The second-order valence-corrected chi connectivity index (χ2v) is 4.41. The minimum absolute atomic E-state index is 0.0438. The summed E-state index contributed by atoms with van der Waals surface area (Å²) >= 11 is 14.6. The van der Waals surface area contributed by atoms with Gasteiger partial charge in [0.05, 0.1) is 16.7 Å². The first-order valence-corrected chi connectivity index (χ1v) is 6.15. The van der Waals surface area contributed by atoms with E-state index in [1.165, 1.54) is 0 Å². The normalized spacial score (nSPS) is 11.4. The molecule has 0 saturated carbocycles. The van der Waals surface area contributed by atoms with E-state index >= 15 is 0 Å². The van der Waals surface area contributed by atoms with Crippen molar-refractivity contribution in [3.05, 3.63) is 22.2 Å². The summed E-state index contributed by atoms with van der Waals surface area (Å²) in [6.45, 7) is 0.291. The highest BCUT2D eigenvalue weighted by atomic mass is 79.9. The second kappa shape index (κ2) is 6.02. The Morgan fingerprint density at radius 2 is 1.71 bits per heavy atom. The molecular formula is C9H6BrCl2F3O2. The van der Waals surface area contributed by atoms with Crippen LogP contribution in [0.2, 0.25) is 10.0 Å². The number of rotatable bonds is 4. The molecule has 0 fully saturated rings. The molecule has 0 spiro atoms. The zero-order valence-corrected chi connectivity index (χ0v) is 11.3. The zero-order chi connectivity index (χ0) is 13.1. The highest BCUT2D eigenvalue weighted by molar-refractivity contribution is 9.09. The van der Waals surface area contributed by atoms with E-state index in [9.17, 15) is 13.2 Å². The molecule has 1 rings (SSSR count). The third-order valence-electron chi connectivity index (χ3n) is 1.53.